The van der Waals surface area contributed by atoms with Gasteiger partial charge in [0.1, 0.15) is 5.03 Å². The maximum absolute atomic E-state index is 5.91. The summed E-state index contributed by atoms with van der Waals surface area (Å²) in [7, 11) is 0. The van der Waals surface area contributed by atoms with Crippen molar-refractivity contribution in [2.24, 2.45) is 0 Å². The lowest BCUT2D eigenvalue weighted by molar-refractivity contribution is 0.778. The first-order chi connectivity index (χ1) is 6.74. The summed E-state index contributed by atoms with van der Waals surface area (Å²) in [4.78, 5) is 7.87. The zero-order chi connectivity index (χ0) is 10.4. The molecule has 0 saturated heterocycles. The molecular formula is C9H14ClN3S. The molecular weight excluding hydrogens is 218 g/mol. The minimum absolute atomic E-state index is 0.285. The van der Waals surface area contributed by atoms with E-state index in [1.807, 2.05) is 0 Å². The summed E-state index contributed by atoms with van der Waals surface area (Å²) in [6, 6.07) is 0. The molecule has 0 atom stereocenters. The minimum Gasteiger partial charge on any atom is -0.368 e. The fourth-order valence-electron chi connectivity index (χ4n) is 0.986. The average Bonchev–Trinajstić information content (AvgIpc) is 2.18. The van der Waals surface area contributed by atoms with Crippen molar-refractivity contribution in [3.8, 4) is 0 Å². The Morgan fingerprint density at radius 3 is 3.00 bits per heavy atom. The number of hydrogen-bond acceptors (Lipinski definition) is 4. The first kappa shape index (κ1) is 11.6. The molecule has 1 aromatic rings. The van der Waals surface area contributed by atoms with Crippen molar-refractivity contribution in [1.29, 1.82) is 0 Å². The molecule has 14 heavy (non-hydrogen) atoms. The number of aromatic nitrogens is 2. The molecule has 0 bridgehead atoms. The van der Waals surface area contributed by atoms with Crippen LogP contribution in [0.2, 0.25) is 5.02 Å². The molecule has 0 aliphatic rings. The molecule has 5 heteroatoms. The number of hydrogen-bond donors (Lipinski definition) is 1. The number of nitrogen functional groups attached to an aromatic ring is 1. The van der Waals surface area contributed by atoms with Gasteiger partial charge in [0.15, 0.2) is 0 Å². The number of unbranched alkanes of at least 4 members (excludes halogenated alkanes) is 2. The molecule has 1 aromatic heterocycles. The zero-order valence-corrected chi connectivity index (χ0v) is 9.74. The molecule has 0 fully saturated rings. The van der Waals surface area contributed by atoms with Crippen LogP contribution in [0.1, 0.15) is 26.2 Å². The van der Waals surface area contributed by atoms with Crippen LogP contribution in [0.15, 0.2) is 11.2 Å². The van der Waals surface area contributed by atoms with Gasteiger partial charge < -0.3 is 5.73 Å². The predicted molar refractivity (Wildman–Crippen MR) is 61.7 cm³/mol. The van der Waals surface area contributed by atoms with E-state index in [0.29, 0.717) is 5.02 Å². The Balaban J connectivity index is 2.45. The molecule has 0 amide bonds. The summed E-state index contributed by atoms with van der Waals surface area (Å²) in [5.41, 5.74) is 5.46. The van der Waals surface area contributed by atoms with Gasteiger partial charge in [-0.2, -0.15) is 0 Å². The fourth-order valence-corrected chi connectivity index (χ4v) is 2.13. The lowest BCUT2D eigenvalue weighted by Gasteiger charge is -2.02. The Morgan fingerprint density at radius 1 is 1.50 bits per heavy atom. The topological polar surface area (TPSA) is 51.8 Å². The van der Waals surface area contributed by atoms with Crippen molar-refractivity contribution in [2.45, 2.75) is 31.2 Å². The standard InChI is InChI=1S/C9H14ClN3S/c1-2-3-4-5-14-8-7(10)6-12-9(11)13-8/h6H,2-5H2,1H3,(H2,11,12,13). The highest BCUT2D eigenvalue weighted by molar-refractivity contribution is 7.99. The SMILES string of the molecule is CCCCCSc1nc(N)ncc1Cl. The van der Waals surface area contributed by atoms with Crippen LogP contribution in [0, 0.1) is 0 Å². The molecule has 0 aliphatic carbocycles. The molecule has 0 aromatic carbocycles. The Bertz CT molecular complexity index is 293. The Morgan fingerprint density at radius 2 is 2.29 bits per heavy atom. The van der Waals surface area contributed by atoms with Gasteiger partial charge in [0.05, 0.1) is 11.2 Å². The molecule has 1 heterocycles. The molecule has 0 radical (unpaired) electrons. The van der Waals surface area contributed by atoms with E-state index >= 15 is 0 Å². The highest BCUT2D eigenvalue weighted by Crippen LogP contribution is 2.25. The quantitative estimate of drug-likeness (QED) is 0.481. The molecule has 3 nitrogen and oxygen atoms in total. The van der Waals surface area contributed by atoms with Crippen LogP contribution in [-0.2, 0) is 0 Å². The lowest BCUT2D eigenvalue weighted by Crippen LogP contribution is -1.96. The molecule has 0 unspecified atom stereocenters. The van der Waals surface area contributed by atoms with Crippen LogP contribution >= 0.6 is 23.4 Å². The van der Waals surface area contributed by atoms with E-state index < -0.39 is 0 Å². The van der Waals surface area contributed by atoms with Gasteiger partial charge in [0, 0.05) is 0 Å². The van der Waals surface area contributed by atoms with Crippen LogP contribution < -0.4 is 5.73 Å². The lowest BCUT2D eigenvalue weighted by atomic mass is 10.3. The van der Waals surface area contributed by atoms with Gasteiger partial charge in [-0.1, -0.05) is 31.4 Å². The third kappa shape index (κ3) is 3.72. The molecule has 1 rings (SSSR count). The van der Waals surface area contributed by atoms with Gasteiger partial charge >= 0.3 is 0 Å². The Hall–Kier alpha value is -0.480. The van der Waals surface area contributed by atoms with Crippen molar-refractivity contribution < 1.29 is 0 Å². The first-order valence-electron chi connectivity index (χ1n) is 4.65. The summed E-state index contributed by atoms with van der Waals surface area (Å²) < 4.78 is 0. The van der Waals surface area contributed by atoms with Crippen LogP contribution in [0.5, 0.6) is 0 Å². The predicted octanol–water partition coefficient (Wildman–Crippen LogP) is 2.99. The minimum atomic E-state index is 0.285. The second kappa shape index (κ2) is 6.09. The smallest absolute Gasteiger partial charge is 0.221 e. The van der Waals surface area contributed by atoms with Gasteiger partial charge in [-0.25, -0.2) is 9.97 Å². The van der Waals surface area contributed by atoms with E-state index in [9.17, 15) is 0 Å². The number of halogens is 1. The molecule has 0 spiro atoms. The number of thioether (sulfide) groups is 1. The van der Waals surface area contributed by atoms with Crippen LogP contribution in [-0.4, -0.2) is 15.7 Å². The summed E-state index contributed by atoms with van der Waals surface area (Å²) in [5, 5.41) is 1.37. The van der Waals surface area contributed by atoms with E-state index in [1.54, 1.807) is 18.0 Å². The summed E-state index contributed by atoms with van der Waals surface area (Å²) in [6.45, 7) is 2.18. The molecule has 0 saturated carbocycles. The third-order valence-corrected chi connectivity index (χ3v) is 3.18. The summed E-state index contributed by atoms with van der Waals surface area (Å²) in [6.07, 6.45) is 5.19. The highest BCUT2D eigenvalue weighted by Gasteiger charge is 2.03. The molecule has 2 N–H and O–H groups in total. The Kier molecular flexibility index (Phi) is 5.04. The normalized spacial score (nSPS) is 10.4. The van der Waals surface area contributed by atoms with E-state index in [4.69, 9.17) is 17.3 Å². The molecule has 78 valence electrons. The maximum atomic E-state index is 5.91. The van der Waals surface area contributed by atoms with Crippen LogP contribution in [0.3, 0.4) is 0 Å². The van der Waals surface area contributed by atoms with Crippen LogP contribution in [0.4, 0.5) is 5.95 Å². The van der Waals surface area contributed by atoms with Crippen molar-refractivity contribution >= 4 is 29.3 Å². The number of rotatable bonds is 5. The second-order valence-electron chi connectivity index (χ2n) is 2.94. The third-order valence-electron chi connectivity index (χ3n) is 1.72. The number of nitrogens with zero attached hydrogens (tertiary/aromatic N) is 2. The maximum Gasteiger partial charge on any atom is 0.221 e. The average molecular weight is 232 g/mol. The van der Waals surface area contributed by atoms with E-state index in [2.05, 4.69) is 16.9 Å². The van der Waals surface area contributed by atoms with Crippen molar-refractivity contribution in [1.82, 2.24) is 9.97 Å². The monoisotopic (exact) mass is 231 g/mol. The van der Waals surface area contributed by atoms with Gasteiger partial charge in [0.2, 0.25) is 5.95 Å². The molecule has 0 aliphatic heterocycles. The number of anilines is 1. The van der Waals surface area contributed by atoms with Gasteiger partial charge in [-0.3, -0.25) is 0 Å². The van der Waals surface area contributed by atoms with E-state index in [-0.39, 0.29) is 5.95 Å². The van der Waals surface area contributed by atoms with E-state index in [0.717, 1.165) is 10.8 Å². The van der Waals surface area contributed by atoms with Gasteiger partial charge in [-0.15, -0.1) is 11.8 Å². The van der Waals surface area contributed by atoms with Gasteiger partial charge in [0.25, 0.3) is 0 Å². The Labute approximate surface area is 93.5 Å². The van der Waals surface area contributed by atoms with Gasteiger partial charge in [-0.05, 0) is 12.2 Å². The first-order valence-corrected chi connectivity index (χ1v) is 6.01. The fraction of sp³-hybridized carbons (Fsp3) is 0.556. The second-order valence-corrected chi connectivity index (χ2v) is 4.43. The number of nitrogens with two attached hydrogens (primary N) is 1. The zero-order valence-electron chi connectivity index (χ0n) is 8.16. The van der Waals surface area contributed by atoms with Crippen molar-refractivity contribution in [3.63, 3.8) is 0 Å². The van der Waals surface area contributed by atoms with Crippen LogP contribution in [0.25, 0.3) is 0 Å². The highest BCUT2D eigenvalue weighted by atomic mass is 35.5. The largest absolute Gasteiger partial charge is 0.368 e. The summed E-state index contributed by atoms with van der Waals surface area (Å²) in [5.74, 6) is 1.32. The summed E-state index contributed by atoms with van der Waals surface area (Å²) >= 11 is 7.55. The van der Waals surface area contributed by atoms with Crippen molar-refractivity contribution in [3.05, 3.63) is 11.2 Å². The van der Waals surface area contributed by atoms with Crippen molar-refractivity contribution in [2.75, 3.05) is 11.5 Å². The van der Waals surface area contributed by atoms with E-state index in [1.165, 1.54) is 19.3 Å².